The van der Waals surface area contributed by atoms with Gasteiger partial charge in [0, 0.05) is 6.54 Å². The zero-order chi connectivity index (χ0) is 12.8. The number of hydrogen-bond donors (Lipinski definition) is 3. The molecule has 0 bridgehead atoms. The van der Waals surface area contributed by atoms with E-state index in [2.05, 4.69) is 10.6 Å². The summed E-state index contributed by atoms with van der Waals surface area (Å²) >= 11 is 0. The summed E-state index contributed by atoms with van der Waals surface area (Å²) in [5.41, 5.74) is 5.51. The highest BCUT2D eigenvalue weighted by Crippen LogP contribution is 2.13. The third-order valence-electron chi connectivity index (χ3n) is 1.98. The molecule has 0 aliphatic carbocycles. The van der Waals surface area contributed by atoms with Crippen LogP contribution in [0.1, 0.15) is 17.3 Å². The van der Waals surface area contributed by atoms with E-state index in [1.54, 1.807) is 19.1 Å². The number of amides is 3. The molecule has 0 unspecified atom stereocenters. The molecule has 1 rings (SSSR count). The minimum Gasteiger partial charge on any atom is -0.366 e. The van der Waals surface area contributed by atoms with Crippen LogP contribution in [-0.4, -0.2) is 24.3 Å². The number of anilines is 1. The van der Waals surface area contributed by atoms with Crippen molar-refractivity contribution in [3.8, 4) is 0 Å². The molecule has 6 nitrogen and oxygen atoms in total. The molecule has 0 radical (unpaired) electrons. The number of carbonyl (C=O) groups excluding carboxylic acids is 3. The van der Waals surface area contributed by atoms with Gasteiger partial charge in [-0.15, -0.1) is 0 Å². The number of hydrogen-bond acceptors (Lipinski definition) is 3. The highest BCUT2D eigenvalue weighted by atomic mass is 16.2. The Kier molecular flexibility index (Phi) is 4.21. The standard InChI is InChI=1S/C11H13N3O3/c1-2-13-10(16)11(17)14-8-6-4-3-5-7(8)9(12)15/h3-6H,2H2,1H3,(H2,12,15)(H,13,16)(H,14,17). The minimum atomic E-state index is -0.833. The zero-order valence-electron chi connectivity index (χ0n) is 9.32. The van der Waals surface area contributed by atoms with E-state index < -0.39 is 17.7 Å². The molecule has 0 aliphatic rings. The van der Waals surface area contributed by atoms with E-state index >= 15 is 0 Å². The Labute approximate surface area is 98.2 Å². The molecule has 4 N–H and O–H groups in total. The van der Waals surface area contributed by atoms with E-state index in [-0.39, 0.29) is 11.3 Å². The maximum absolute atomic E-state index is 11.4. The maximum atomic E-state index is 11.4. The fourth-order valence-corrected chi connectivity index (χ4v) is 1.23. The summed E-state index contributed by atoms with van der Waals surface area (Å²) in [6, 6.07) is 6.20. The number of primary amides is 1. The van der Waals surface area contributed by atoms with Gasteiger partial charge in [-0.05, 0) is 19.1 Å². The van der Waals surface area contributed by atoms with Crippen LogP contribution in [0.4, 0.5) is 5.69 Å². The average Bonchev–Trinajstić information content (AvgIpc) is 2.29. The second kappa shape index (κ2) is 5.64. The number of para-hydroxylation sites is 1. The Morgan fingerprint density at radius 1 is 1.18 bits per heavy atom. The second-order valence-electron chi connectivity index (χ2n) is 3.22. The van der Waals surface area contributed by atoms with Crippen molar-refractivity contribution >= 4 is 23.4 Å². The number of benzene rings is 1. The maximum Gasteiger partial charge on any atom is 0.313 e. The molecule has 0 spiro atoms. The van der Waals surface area contributed by atoms with Gasteiger partial charge in [-0.3, -0.25) is 14.4 Å². The average molecular weight is 235 g/mol. The van der Waals surface area contributed by atoms with Crippen molar-refractivity contribution in [3.63, 3.8) is 0 Å². The van der Waals surface area contributed by atoms with Crippen molar-refractivity contribution in [2.45, 2.75) is 6.92 Å². The van der Waals surface area contributed by atoms with Crippen molar-refractivity contribution in [2.24, 2.45) is 5.73 Å². The number of nitrogens with two attached hydrogens (primary N) is 1. The molecule has 0 fully saturated rings. The van der Waals surface area contributed by atoms with Gasteiger partial charge in [0.2, 0.25) is 0 Å². The largest absolute Gasteiger partial charge is 0.366 e. The molecule has 0 saturated carbocycles. The van der Waals surface area contributed by atoms with Gasteiger partial charge in [0.25, 0.3) is 5.91 Å². The Balaban J connectivity index is 2.85. The van der Waals surface area contributed by atoms with Gasteiger partial charge in [0.15, 0.2) is 0 Å². The van der Waals surface area contributed by atoms with Crippen LogP contribution in [0.5, 0.6) is 0 Å². The summed E-state index contributed by atoms with van der Waals surface area (Å²) in [5.74, 6) is -2.26. The lowest BCUT2D eigenvalue weighted by Crippen LogP contribution is -2.35. The van der Waals surface area contributed by atoms with Crippen molar-refractivity contribution in [2.75, 3.05) is 11.9 Å². The molecule has 6 heteroatoms. The molecule has 0 aromatic heterocycles. The summed E-state index contributed by atoms with van der Waals surface area (Å²) in [4.78, 5) is 33.7. The predicted molar refractivity (Wildman–Crippen MR) is 62.3 cm³/mol. The van der Waals surface area contributed by atoms with E-state index in [9.17, 15) is 14.4 Å². The first-order valence-electron chi connectivity index (χ1n) is 5.04. The van der Waals surface area contributed by atoms with Gasteiger partial charge in [0.05, 0.1) is 11.3 Å². The summed E-state index contributed by atoms with van der Waals surface area (Å²) in [7, 11) is 0. The number of nitrogens with one attached hydrogen (secondary N) is 2. The number of rotatable bonds is 3. The molecule has 90 valence electrons. The third kappa shape index (κ3) is 3.30. The van der Waals surface area contributed by atoms with Gasteiger partial charge in [-0.2, -0.15) is 0 Å². The highest BCUT2D eigenvalue weighted by molar-refractivity contribution is 6.40. The molecule has 1 aromatic rings. The molecule has 0 atom stereocenters. The first kappa shape index (κ1) is 12.7. The zero-order valence-corrected chi connectivity index (χ0v) is 9.32. The SMILES string of the molecule is CCNC(=O)C(=O)Nc1ccccc1C(N)=O. The lowest BCUT2D eigenvalue weighted by atomic mass is 10.1. The molecular weight excluding hydrogens is 222 g/mol. The fourth-order valence-electron chi connectivity index (χ4n) is 1.23. The van der Waals surface area contributed by atoms with E-state index in [1.165, 1.54) is 12.1 Å². The van der Waals surface area contributed by atoms with Gasteiger partial charge < -0.3 is 16.4 Å². The molecule has 1 aromatic carbocycles. The second-order valence-corrected chi connectivity index (χ2v) is 3.22. The normalized spacial score (nSPS) is 9.47. The van der Waals surface area contributed by atoms with Gasteiger partial charge >= 0.3 is 11.8 Å². The van der Waals surface area contributed by atoms with Crippen LogP contribution in [0.15, 0.2) is 24.3 Å². The predicted octanol–water partition coefficient (Wildman–Crippen LogP) is -0.140. The topological polar surface area (TPSA) is 101 Å². The van der Waals surface area contributed by atoms with Gasteiger partial charge in [0.1, 0.15) is 0 Å². The van der Waals surface area contributed by atoms with E-state index in [0.717, 1.165) is 0 Å². The number of carbonyl (C=O) groups is 3. The van der Waals surface area contributed by atoms with Crippen LogP contribution in [-0.2, 0) is 9.59 Å². The van der Waals surface area contributed by atoms with E-state index in [4.69, 9.17) is 5.73 Å². The van der Waals surface area contributed by atoms with Gasteiger partial charge in [-0.25, -0.2) is 0 Å². The number of likely N-dealkylation sites (N-methyl/N-ethyl adjacent to an activating group) is 1. The van der Waals surface area contributed by atoms with Crippen LogP contribution < -0.4 is 16.4 Å². The van der Waals surface area contributed by atoms with Crippen molar-refractivity contribution in [3.05, 3.63) is 29.8 Å². The molecule has 17 heavy (non-hydrogen) atoms. The van der Waals surface area contributed by atoms with Crippen LogP contribution in [0, 0.1) is 0 Å². The molecule has 0 aliphatic heterocycles. The lowest BCUT2D eigenvalue weighted by Gasteiger charge is -2.08. The molecule has 0 heterocycles. The highest BCUT2D eigenvalue weighted by Gasteiger charge is 2.15. The van der Waals surface area contributed by atoms with Crippen LogP contribution in [0.2, 0.25) is 0 Å². The van der Waals surface area contributed by atoms with Crippen LogP contribution in [0.25, 0.3) is 0 Å². The minimum absolute atomic E-state index is 0.158. The van der Waals surface area contributed by atoms with Crippen molar-refractivity contribution in [1.29, 1.82) is 0 Å². The van der Waals surface area contributed by atoms with E-state index in [0.29, 0.717) is 6.54 Å². The summed E-state index contributed by atoms with van der Waals surface area (Å²) < 4.78 is 0. The molecule has 3 amide bonds. The Morgan fingerprint density at radius 2 is 1.82 bits per heavy atom. The Bertz CT molecular complexity index is 457. The van der Waals surface area contributed by atoms with E-state index in [1.807, 2.05) is 0 Å². The summed E-state index contributed by atoms with van der Waals surface area (Å²) in [6.45, 7) is 2.05. The smallest absolute Gasteiger partial charge is 0.313 e. The van der Waals surface area contributed by atoms with Crippen LogP contribution in [0.3, 0.4) is 0 Å². The van der Waals surface area contributed by atoms with Crippen molar-refractivity contribution in [1.82, 2.24) is 5.32 Å². The first-order valence-corrected chi connectivity index (χ1v) is 5.04. The monoisotopic (exact) mass is 235 g/mol. The summed E-state index contributed by atoms with van der Waals surface area (Å²) in [5, 5.41) is 4.67. The lowest BCUT2D eigenvalue weighted by molar-refractivity contribution is -0.136. The summed E-state index contributed by atoms with van der Waals surface area (Å²) in [6.07, 6.45) is 0. The Hall–Kier alpha value is -2.37. The molecular formula is C11H13N3O3. The quantitative estimate of drug-likeness (QED) is 0.635. The molecule has 0 saturated heterocycles. The Morgan fingerprint density at radius 3 is 2.41 bits per heavy atom. The first-order chi connectivity index (χ1) is 8.06. The fraction of sp³-hybridized carbons (Fsp3) is 0.182. The van der Waals surface area contributed by atoms with Crippen LogP contribution >= 0.6 is 0 Å². The third-order valence-corrected chi connectivity index (χ3v) is 1.98. The van der Waals surface area contributed by atoms with Gasteiger partial charge in [-0.1, -0.05) is 12.1 Å². The van der Waals surface area contributed by atoms with Crippen molar-refractivity contribution < 1.29 is 14.4 Å².